The maximum Gasteiger partial charge on any atom is 0.353 e. The van der Waals surface area contributed by atoms with Gasteiger partial charge in [0.25, 0.3) is 0 Å². The van der Waals surface area contributed by atoms with Gasteiger partial charge in [0.15, 0.2) is 11.3 Å². The third kappa shape index (κ3) is 1.18. The van der Waals surface area contributed by atoms with Crippen LogP contribution < -0.4 is 0 Å². The highest BCUT2D eigenvalue weighted by Gasteiger charge is 2.44. The Kier molecular flexibility index (Phi) is 1.75. The Hall–Kier alpha value is -0.710. The van der Waals surface area contributed by atoms with Crippen LogP contribution in [0.15, 0.2) is 5.16 Å². The van der Waals surface area contributed by atoms with Gasteiger partial charge in [-0.1, -0.05) is 5.16 Å². The van der Waals surface area contributed by atoms with E-state index < -0.39 is 5.97 Å². The van der Waals surface area contributed by atoms with E-state index in [-0.39, 0.29) is 11.3 Å². The Bertz CT molecular complexity index is 245. The standard InChI is InChI=1S/C7H9NO3S/c9-6(10)5-3-7(11-8-5)1-2-12-4-7/h1-4H2,(H,9,10). The van der Waals surface area contributed by atoms with Gasteiger partial charge in [-0.3, -0.25) is 0 Å². The molecule has 0 aromatic heterocycles. The molecular weight excluding hydrogens is 178 g/mol. The van der Waals surface area contributed by atoms with Gasteiger partial charge in [0.05, 0.1) is 0 Å². The molecule has 2 aliphatic rings. The predicted molar refractivity (Wildman–Crippen MR) is 45.4 cm³/mol. The highest BCUT2D eigenvalue weighted by Crippen LogP contribution is 2.37. The van der Waals surface area contributed by atoms with E-state index in [1.807, 2.05) is 0 Å². The SMILES string of the molecule is O=C(O)C1=NOC2(CCSC2)C1. The number of nitrogens with zero attached hydrogens (tertiary/aromatic N) is 1. The van der Waals surface area contributed by atoms with Crippen LogP contribution in [0.4, 0.5) is 0 Å². The largest absolute Gasteiger partial charge is 0.477 e. The quantitative estimate of drug-likeness (QED) is 0.657. The van der Waals surface area contributed by atoms with Gasteiger partial charge in [0.1, 0.15) is 0 Å². The van der Waals surface area contributed by atoms with Crippen molar-refractivity contribution >= 4 is 23.4 Å². The lowest BCUT2D eigenvalue weighted by atomic mass is 9.97. The van der Waals surface area contributed by atoms with E-state index in [2.05, 4.69) is 5.16 Å². The van der Waals surface area contributed by atoms with Crippen molar-refractivity contribution in [2.45, 2.75) is 18.4 Å². The first-order chi connectivity index (χ1) is 5.72. The van der Waals surface area contributed by atoms with Crippen molar-refractivity contribution in [3.05, 3.63) is 0 Å². The molecule has 2 rings (SSSR count). The van der Waals surface area contributed by atoms with Gasteiger partial charge < -0.3 is 9.94 Å². The fourth-order valence-electron chi connectivity index (χ4n) is 1.44. The molecule has 0 aromatic rings. The first kappa shape index (κ1) is 7.91. The van der Waals surface area contributed by atoms with Crippen molar-refractivity contribution < 1.29 is 14.7 Å². The number of aliphatic carboxylic acids is 1. The maximum absolute atomic E-state index is 10.5. The first-order valence-electron chi connectivity index (χ1n) is 3.78. The molecule has 0 aromatic carbocycles. The average molecular weight is 187 g/mol. The van der Waals surface area contributed by atoms with Gasteiger partial charge in [-0.25, -0.2) is 4.79 Å². The molecule has 2 heterocycles. The fourth-order valence-corrected chi connectivity index (χ4v) is 2.77. The van der Waals surface area contributed by atoms with Crippen molar-refractivity contribution in [3.8, 4) is 0 Å². The summed E-state index contributed by atoms with van der Waals surface area (Å²) in [6.07, 6.45) is 1.38. The third-order valence-electron chi connectivity index (χ3n) is 2.15. The molecule has 1 unspecified atom stereocenters. The van der Waals surface area contributed by atoms with Crippen LogP contribution in [-0.2, 0) is 9.63 Å². The van der Waals surface area contributed by atoms with E-state index >= 15 is 0 Å². The van der Waals surface area contributed by atoms with E-state index in [9.17, 15) is 4.79 Å². The number of oxime groups is 1. The minimum Gasteiger partial charge on any atom is -0.477 e. The molecule has 5 heteroatoms. The lowest BCUT2D eigenvalue weighted by Gasteiger charge is -2.17. The number of carboxylic acids is 1. The van der Waals surface area contributed by atoms with Crippen LogP contribution in [0.3, 0.4) is 0 Å². The fraction of sp³-hybridized carbons (Fsp3) is 0.714. The van der Waals surface area contributed by atoms with Crippen molar-refractivity contribution in [2.24, 2.45) is 5.16 Å². The van der Waals surface area contributed by atoms with Crippen molar-refractivity contribution in [1.29, 1.82) is 0 Å². The number of thioether (sulfide) groups is 1. The first-order valence-corrected chi connectivity index (χ1v) is 4.93. The summed E-state index contributed by atoms with van der Waals surface area (Å²) in [6, 6.07) is 0. The van der Waals surface area contributed by atoms with Crippen molar-refractivity contribution in [1.82, 2.24) is 0 Å². The summed E-state index contributed by atoms with van der Waals surface area (Å²) in [5, 5.41) is 12.2. The van der Waals surface area contributed by atoms with Gasteiger partial charge in [-0.2, -0.15) is 11.8 Å². The summed E-state index contributed by atoms with van der Waals surface area (Å²) in [5.74, 6) is 0.958. The predicted octanol–water partition coefficient (Wildman–Crippen LogP) is 0.723. The van der Waals surface area contributed by atoms with Crippen LogP contribution in [-0.4, -0.2) is 33.9 Å². The van der Waals surface area contributed by atoms with E-state index in [1.54, 1.807) is 11.8 Å². The lowest BCUT2D eigenvalue weighted by Crippen LogP contribution is -2.29. The zero-order valence-corrected chi connectivity index (χ0v) is 7.26. The number of hydrogen-bond donors (Lipinski definition) is 1. The monoisotopic (exact) mass is 187 g/mol. The normalized spacial score (nSPS) is 33.5. The molecule has 0 radical (unpaired) electrons. The summed E-state index contributed by atoms with van der Waals surface area (Å²) in [5.41, 5.74) is -0.115. The van der Waals surface area contributed by atoms with Crippen LogP contribution >= 0.6 is 11.8 Å². The summed E-state index contributed by atoms with van der Waals surface area (Å²) in [7, 11) is 0. The minimum atomic E-state index is -0.955. The zero-order chi connectivity index (χ0) is 8.60. The molecule has 66 valence electrons. The number of hydrogen-bond acceptors (Lipinski definition) is 4. The zero-order valence-electron chi connectivity index (χ0n) is 6.45. The second-order valence-corrected chi connectivity index (χ2v) is 4.20. The third-order valence-corrected chi connectivity index (χ3v) is 3.38. The molecule has 4 nitrogen and oxygen atoms in total. The molecule has 1 atom stereocenters. The van der Waals surface area contributed by atoms with Crippen LogP contribution in [0.2, 0.25) is 0 Å². The maximum atomic E-state index is 10.5. The van der Waals surface area contributed by atoms with E-state index in [0.29, 0.717) is 6.42 Å². The number of rotatable bonds is 1. The van der Waals surface area contributed by atoms with Crippen molar-refractivity contribution in [2.75, 3.05) is 11.5 Å². The smallest absolute Gasteiger partial charge is 0.353 e. The van der Waals surface area contributed by atoms with Crippen LogP contribution in [0.5, 0.6) is 0 Å². The number of carbonyl (C=O) groups is 1. The summed E-state index contributed by atoms with van der Waals surface area (Å²) in [4.78, 5) is 15.7. The van der Waals surface area contributed by atoms with Gasteiger partial charge in [-0.15, -0.1) is 0 Å². The Morgan fingerprint density at radius 2 is 2.58 bits per heavy atom. The number of carboxylic acid groups (broad SMARTS) is 1. The average Bonchev–Trinajstić information content (AvgIpc) is 2.62. The molecule has 12 heavy (non-hydrogen) atoms. The molecule has 0 amide bonds. The van der Waals surface area contributed by atoms with Crippen LogP contribution in [0, 0.1) is 0 Å². The summed E-state index contributed by atoms with van der Waals surface area (Å²) < 4.78 is 0. The summed E-state index contributed by atoms with van der Waals surface area (Å²) >= 11 is 1.79. The van der Waals surface area contributed by atoms with E-state index in [0.717, 1.165) is 17.9 Å². The topological polar surface area (TPSA) is 58.9 Å². The molecule has 1 saturated heterocycles. The molecular formula is C7H9NO3S. The van der Waals surface area contributed by atoms with Gasteiger partial charge >= 0.3 is 5.97 Å². The minimum absolute atomic E-state index is 0.164. The Labute approximate surface area is 74.0 Å². The highest BCUT2D eigenvalue weighted by molar-refractivity contribution is 7.99. The Morgan fingerprint density at radius 1 is 1.75 bits per heavy atom. The van der Waals surface area contributed by atoms with Crippen LogP contribution in [0.1, 0.15) is 12.8 Å². The van der Waals surface area contributed by atoms with E-state index in [4.69, 9.17) is 9.94 Å². The molecule has 0 bridgehead atoms. The van der Waals surface area contributed by atoms with Gasteiger partial charge in [-0.05, 0) is 5.75 Å². The molecule has 0 aliphatic carbocycles. The second kappa shape index (κ2) is 2.65. The lowest BCUT2D eigenvalue weighted by molar-refractivity contribution is -0.129. The van der Waals surface area contributed by atoms with Gasteiger partial charge in [0, 0.05) is 18.6 Å². The van der Waals surface area contributed by atoms with Crippen LogP contribution in [0.25, 0.3) is 0 Å². The Balaban J connectivity index is 2.06. The Morgan fingerprint density at radius 3 is 3.08 bits per heavy atom. The van der Waals surface area contributed by atoms with E-state index in [1.165, 1.54) is 0 Å². The van der Waals surface area contributed by atoms with Crippen molar-refractivity contribution in [3.63, 3.8) is 0 Å². The van der Waals surface area contributed by atoms with Gasteiger partial charge in [0.2, 0.25) is 0 Å². The highest BCUT2D eigenvalue weighted by atomic mass is 32.2. The summed E-state index contributed by atoms with van der Waals surface area (Å²) in [6.45, 7) is 0. The molecule has 1 spiro atoms. The molecule has 0 saturated carbocycles. The molecule has 1 N–H and O–H groups in total. The molecule has 2 aliphatic heterocycles. The second-order valence-electron chi connectivity index (χ2n) is 3.10. The molecule has 1 fully saturated rings.